The van der Waals surface area contributed by atoms with Crippen LogP contribution in [0.4, 0.5) is 0 Å². The van der Waals surface area contributed by atoms with Crippen LogP contribution in [0.25, 0.3) is 0 Å². The number of rotatable bonds is 2. The summed E-state index contributed by atoms with van der Waals surface area (Å²) >= 11 is 6.00. The molecule has 0 aliphatic heterocycles. The van der Waals surface area contributed by atoms with Gasteiger partial charge in [0.25, 0.3) is 0 Å². The van der Waals surface area contributed by atoms with Crippen LogP contribution < -0.4 is 0 Å². The summed E-state index contributed by atoms with van der Waals surface area (Å²) in [5, 5.41) is 0. The predicted octanol–water partition coefficient (Wildman–Crippen LogP) is 5.50. The summed E-state index contributed by atoms with van der Waals surface area (Å²) < 4.78 is 0. The van der Waals surface area contributed by atoms with Crippen LogP contribution in [-0.2, 0) is 0 Å². The third kappa shape index (κ3) is 1.88. The fourth-order valence-electron chi connectivity index (χ4n) is 6.32. The van der Waals surface area contributed by atoms with Gasteiger partial charge >= 0.3 is 0 Å². The van der Waals surface area contributed by atoms with Crippen LogP contribution in [0.15, 0.2) is 0 Å². The fourth-order valence-corrected chi connectivity index (χ4v) is 7.59. The third-order valence-electron chi connectivity index (χ3n) is 5.52. The molecule has 0 atom stereocenters. The highest BCUT2D eigenvalue weighted by Crippen LogP contribution is 2.66. The van der Waals surface area contributed by atoms with Crippen molar-refractivity contribution in [2.45, 2.75) is 68.2 Å². The van der Waals surface area contributed by atoms with E-state index < -0.39 is 0 Å². The summed E-state index contributed by atoms with van der Waals surface area (Å²) in [5.74, 6) is 1.23. The van der Waals surface area contributed by atoms with E-state index in [1.54, 1.807) is 0 Å². The van der Waals surface area contributed by atoms with Gasteiger partial charge in [0, 0.05) is 16.7 Å². The Morgan fingerprint density at radius 1 is 0.667 bits per heavy atom. The summed E-state index contributed by atoms with van der Waals surface area (Å²) in [7, 11) is 0. The van der Waals surface area contributed by atoms with Gasteiger partial charge in [-0.3, -0.25) is 0 Å². The molecule has 0 N–H and O–H groups in total. The molecule has 0 aromatic heterocycles. The Morgan fingerprint density at radius 2 is 0.889 bits per heavy atom. The summed E-state index contributed by atoms with van der Waals surface area (Å²) in [6.45, 7) is 19.2. The van der Waals surface area contributed by atoms with Gasteiger partial charge in [-0.25, -0.2) is 0 Å². The molecule has 0 radical (unpaired) electrons. The smallest absolute Gasteiger partial charge is 0.00116 e. The molecule has 0 bridgehead atoms. The molecular formula is C17H30S. The van der Waals surface area contributed by atoms with E-state index in [4.69, 9.17) is 12.2 Å². The molecule has 2 rings (SSSR count). The first kappa shape index (κ1) is 14.5. The van der Waals surface area contributed by atoms with E-state index in [0.717, 1.165) is 0 Å². The fraction of sp³-hybridized carbons (Fsp3) is 0.941. The molecule has 2 aliphatic carbocycles. The van der Waals surface area contributed by atoms with Crippen molar-refractivity contribution < 1.29 is 0 Å². The molecule has 2 saturated carbocycles. The maximum absolute atomic E-state index is 6.00. The van der Waals surface area contributed by atoms with E-state index in [9.17, 15) is 0 Å². The number of hydrogen-bond donors (Lipinski definition) is 0. The second-order valence-corrected chi connectivity index (χ2v) is 10.0. The van der Waals surface area contributed by atoms with Crippen molar-refractivity contribution in [3.8, 4) is 0 Å². The second kappa shape index (κ2) is 3.59. The van der Waals surface area contributed by atoms with Crippen LogP contribution in [0.2, 0.25) is 0 Å². The lowest BCUT2D eigenvalue weighted by molar-refractivity contribution is -0.0689. The van der Waals surface area contributed by atoms with E-state index in [-0.39, 0.29) is 0 Å². The van der Waals surface area contributed by atoms with Gasteiger partial charge in [-0.1, -0.05) is 67.6 Å². The first-order valence-electron chi connectivity index (χ1n) is 7.35. The van der Waals surface area contributed by atoms with Gasteiger partial charge in [0.15, 0.2) is 0 Å². The van der Waals surface area contributed by atoms with Crippen molar-refractivity contribution >= 4 is 17.1 Å². The molecule has 0 heterocycles. The first-order valence-corrected chi connectivity index (χ1v) is 7.76. The summed E-state index contributed by atoms with van der Waals surface area (Å²) in [4.78, 5) is 1.37. The minimum atomic E-state index is 0.405. The maximum Gasteiger partial charge on any atom is 0.00116 e. The molecule has 18 heavy (non-hydrogen) atoms. The lowest BCUT2D eigenvalue weighted by atomic mass is 9.40. The van der Waals surface area contributed by atoms with Gasteiger partial charge in [0.05, 0.1) is 0 Å². The van der Waals surface area contributed by atoms with Crippen LogP contribution in [-0.4, -0.2) is 4.86 Å². The van der Waals surface area contributed by atoms with E-state index in [1.165, 1.54) is 17.7 Å². The van der Waals surface area contributed by atoms with Gasteiger partial charge in [-0.05, 0) is 34.5 Å². The Hall–Kier alpha value is 0.0900. The molecule has 104 valence electrons. The van der Waals surface area contributed by atoms with Crippen LogP contribution in [0.1, 0.15) is 68.2 Å². The Kier molecular flexibility index (Phi) is 2.89. The van der Waals surface area contributed by atoms with Crippen molar-refractivity contribution in [3.05, 3.63) is 0 Å². The molecular weight excluding hydrogens is 236 g/mol. The van der Waals surface area contributed by atoms with Gasteiger partial charge in [-0.2, -0.15) is 0 Å². The van der Waals surface area contributed by atoms with Crippen molar-refractivity contribution in [1.29, 1.82) is 0 Å². The zero-order chi connectivity index (χ0) is 14.1. The van der Waals surface area contributed by atoms with Gasteiger partial charge in [0.2, 0.25) is 0 Å². The van der Waals surface area contributed by atoms with E-state index in [1.807, 2.05) is 0 Å². The highest BCUT2D eigenvalue weighted by atomic mass is 32.1. The third-order valence-corrected chi connectivity index (χ3v) is 5.99. The lowest BCUT2D eigenvalue weighted by Crippen LogP contribution is -2.62. The highest BCUT2D eigenvalue weighted by Gasteiger charge is 2.62. The van der Waals surface area contributed by atoms with Crippen molar-refractivity contribution in [2.75, 3.05) is 0 Å². The molecule has 2 fully saturated rings. The monoisotopic (exact) mass is 266 g/mol. The Labute approximate surface area is 119 Å². The largest absolute Gasteiger partial charge is 0.0890 e. The minimum absolute atomic E-state index is 0.405. The average Bonchev–Trinajstić information content (AvgIpc) is 1.92. The van der Waals surface area contributed by atoms with E-state index >= 15 is 0 Å². The SMILES string of the molecule is CC1(C)CC(C)(C)C1C(=S)C1C(C)(C)CC1(C)C. The predicted molar refractivity (Wildman–Crippen MR) is 83.9 cm³/mol. The van der Waals surface area contributed by atoms with Crippen LogP contribution in [0.5, 0.6) is 0 Å². The van der Waals surface area contributed by atoms with Gasteiger partial charge in [-0.15, -0.1) is 0 Å². The first-order chi connectivity index (χ1) is 7.81. The van der Waals surface area contributed by atoms with Crippen molar-refractivity contribution in [3.63, 3.8) is 0 Å². The lowest BCUT2D eigenvalue weighted by Gasteiger charge is -2.65. The normalized spacial score (nSPS) is 32.4. The van der Waals surface area contributed by atoms with Gasteiger partial charge in [0.1, 0.15) is 0 Å². The number of hydrogen-bond acceptors (Lipinski definition) is 1. The molecule has 0 spiro atoms. The maximum atomic E-state index is 6.00. The zero-order valence-corrected chi connectivity index (χ0v) is 14.3. The van der Waals surface area contributed by atoms with Gasteiger partial charge < -0.3 is 0 Å². The summed E-state index contributed by atoms with van der Waals surface area (Å²) in [5.41, 5.74) is 1.62. The highest BCUT2D eigenvalue weighted by molar-refractivity contribution is 7.80. The summed E-state index contributed by atoms with van der Waals surface area (Å²) in [6, 6.07) is 0. The molecule has 0 saturated heterocycles. The van der Waals surface area contributed by atoms with Crippen LogP contribution in [0, 0.1) is 33.5 Å². The van der Waals surface area contributed by atoms with Crippen molar-refractivity contribution in [2.24, 2.45) is 33.5 Å². The molecule has 0 nitrogen and oxygen atoms in total. The molecule has 1 heteroatoms. The number of thiocarbonyl (C=S) groups is 1. The Morgan fingerprint density at radius 3 is 1.06 bits per heavy atom. The summed E-state index contributed by atoms with van der Waals surface area (Å²) in [6.07, 6.45) is 2.61. The van der Waals surface area contributed by atoms with E-state index in [2.05, 4.69) is 55.4 Å². The molecule has 2 aliphatic rings. The molecule has 0 unspecified atom stereocenters. The van der Waals surface area contributed by atoms with Crippen molar-refractivity contribution in [1.82, 2.24) is 0 Å². The Balaban J connectivity index is 2.27. The second-order valence-electron chi connectivity index (χ2n) is 9.58. The molecule has 0 aromatic carbocycles. The zero-order valence-electron chi connectivity index (χ0n) is 13.5. The quantitative estimate of drug-likeness (QED) is 0.595. The average molecular weight is 266 g/mol. The Bertz CT molecular complexity index is 320. The molecule has 0 amide bonds. The van der Waals surface area contributed by atoms with Crippen LogP contribution >= 0.6 is 12.2 Å². The topological polar surface area (TPSA) is 0 Å². The molecule has 0 aromatic rings. The van der Waals surface area contributed by atoms with E-state index in [0.29, 0.717) is 33.5 Å². The van der Waals surface area contributed by atoms with Crippen LogP contribution in [0.3, 0.4) is 0 Å². The standard InChI is InChI=1S/C17H30S/c1-14(2)9-15(3,4)12(14)11(18)13-16(5,6)10-17(13,7)8/h12-13H,9-10H2,1-8H3. The minimum Gasteiger partial charge on any atom is -0.0890 e.